The summed E-state index contributed by atoms with van der Waals surface area (Å²) in [6, 6.07) is 7.06. The summed E-state index contributed by atoms with van der Waals surface area (Å²) in [5.74, 6) is -1.30. The van der Waals surface area contributed by atoms with Crippen LogP contribution in [0.4, 0.5) is 23.2 Å². The molecule has 0 saturated heterocycles. The van der Waals surface area contributed by atoms with Crippen LogP contribution in [0.2, 0.25) is 0 Å². The maximum absolute atomic E-state index is 13.9. The number of rotatable bonds is 5. The Bertz CT molecular complexity index is 1060. The van der Waals surface area contributed by atoms with E-state index in [2.05, 4.69) is 0 Å². The normalized spacial score (nSPS) is 12.7. The number of nitrogens with zero attached hydrogens (tertiary/aromatic N) is 1. The molecule has 6 nitrogen and oxygen atoms in total. The van der Waals surface area contributed by atoms with Crippen molar-refractivity contribution >= 4 is 32.7 Å². The average Bonchev–Trinajstić information content (AvgIpc) is 2.53. The number of sulfonamides is 1. The Morgan fingerprint density at radius 3 is 2.22 bits per heavy atom. The van der Waals surface area contributed by atoms with Crippen LogP contribution in [0, 0.1) is 5.82 Å². The van der Waals surface area contributed by atoms with E-state index in [9.17, 15) is 34.4 Å². The minimum atomic E-state index is -4.70. The summed E-state index contributed by atoms with van der Waals surface area (Å²) in [5.41, 5.74) is -2.07. The number of thiol groups is 1. The monoisotopic (exact) mass is 424 g/mol. The molecular formula is C15H12F4N2O4S2. The Kier molecular flexibility index (Phi) is 5.92. The summed E-state index contributed by atoms with van der Waals surface area (Å²) in [4.78, 5) is -1.10. The maximum atomic E-state index is 13.9. The van der Waals surface area contributed by atoms with Crippen molar-refractivity contribution in [3.05, 3.63) is 65.6 Å². The zero-order valence-electron chi connectivity index (χ0n) is 13.2. The van der Waals surface area contributed by atoms with E-state index in [-0.39, 0.29) is 5.56 Å². The molecule has 0 aromatic heterocycles. The van der Waals surface area contributed by atoms with Crippen molar-refractivity contribution in [3.8, 4) is 0 Å². The number of hydrogen-bond donors (Lipinski definition) is 2. The fourth-order valence-corrected chi connectivity index (χ4v) is 3.62. The first-order valence-electron chi connectivity index (χ1n) is 7.02. The van der Waals surface area contributed by atoms with E-state index >= 15 is 0 Å². The van der Waals surface area contributed by atoms with Gasteiger partial charge < -0.3 is 0 Å². The van der Waals surface area contributed by atoms with E-state index in [0.29, 0.717) is 10.5 Å². The molecule has 0 aliphatic carbocycles. The molecule has 0 aliphatic heterocycles. The van der Waals surface area contributed by atoms with Gasteiger partial charge in [-0.1, -0.05) is 24.3 Å². The van der Waals surface area contributed by atoms with E-state index in [1.165, 1.54) is 6.07 Å². The molecule has 146 valence electrons. The lowest BCUT2D eigenvalue weighted by atomic mass is 10.1. The lowest BCUT2D eigenvalue weighted by Gasteiger charge is -2.17. The van der Waals surface area contributed by atoms with Crippen LogP contribution in [0.25, 0.3) is 6.08 Å². The average molecular weight is 424 g/mol. The molecule has 0 fully saturated rings. The van der Waals surface area contributed by atoms with Crippen LogP contribution in [0.3, 0.4) is 0 Å². The van der Waals surface area contributed by atoms with Crippen LogP contribution < -0.4 is 9.44 Å². The van der Waals surface area contributed by atoms with Crippen molar-refractivity contribution in [1.29, 1.82) is 0 Å². The smallest absolute Gasteiger partial charge is 0.246 e. The van der Waals surface area contributed by atoms with Crippen LogP contribution in [-0.4, -0.2) is 16.8 Å². The zero-order chi connectivity index (χ0) is 20.4. The predicted octanol–water partition coefficient (Wildman–Crippen LogP) is 2.50. The number of nitrogens with two attached hydrogens (primary N) is 1. The number of hydrogen-bond acceptors (Lipinski definition) is 4. The fourth-order valence-electron chi connectivity index (χ4n) is 2.23. The van der Waals surface area contributed by atoms with Crippen molar-refractivity contribution in [2.24, 2.45) is 5.14 Å². The Balaban J connectivity index is 2.61. The molecule has 0 saturated carbocycles. The van der Waals surface area contributed by atoms with Gasteiger partial charge in [-0.15, -0.1) is 0 Å². The van der Waals surface area contributed by atoms with Crippen LogP contribution >= 0.6 is 0 Å². The number of primary sulfonamides is 1. The lowest BCUT2D eigenvalue weighted by Crippen LogP contribution is -2.21. The quantitative estimate of drug-likeness (QED) is 0.569. The molecule has 0 radical (unpaired) electrons. The molecule has 0 aliphatic rings. The van der Waals surface area contributed by atoms with Crippen LogP contribution in [-0.2, 0) is 27.1 Å². The standard InChI is InChI=1S/C15H12F4N2O4S2/c16-12-6-3-7-13(14(12)27(20,24)25)21(26(22)23)9-8-10-4-1-2-5-11(10)15(17,18)19/h1-9,26H,(H2,20,24,25). The molecule has 0 unspecified atom stereocenters. The van der Waals surface area contributed by atoms with Crippen LogP contribution in [0.5, 0.6) is 0 Å². The first kappa shape index (κ1) is 20.9. The second-order valence-electron chi connectivity index (χ2n) is 5.12. The third kappa shape index (κ3) is 4.84. The third-order valence-electron chi connectivity index (χ3n) is 3.31. The van der Waals surface area contributed by atoms with Crippen molar-refractivity contribution in [2.75, 3.05) is 4.31 Å². The van der Waals surface area contributed by atoms with Gasteiger partial charge in [-0.25, -0.2) is 30.7 Å². The summed E-state index contributed by atoms with van der Waals surface area (Å²) in [6.07, 6.45) is -3.21. The highest BCUT2D eigenvalue weighted by Crippen LogP contribution is 2.33. The lowest BCUT2D eigenvalue weighted by molar-refractivity contribution is -0.137. The fraction of sp³-hybridized carbons (Fsp3) is 0.0667. The number of anilines is 1. The third-order valence-corrected chi connectivity index (χ3v) is 4.99. The van der Waals surface area contributed by atoms with Crippen LogP contribution in [0.1, 0.15) is 11.1 Å². The topological polar surface area (TPSA) is 97.5 Å². The number of halogens is 4. The minimum absolute atomic E-state index is 0.297. The molecule has 27 heavy (non-hydrogen) atoms. The van der Waals surface area contributed by atoms with Gasteiger partial charge in [-0.2, -0.15) is 13.2 Å². The van der Waals surface area contributed by atoms with Crippen LogP contribution in [0.15, 0.2) is 53.6 Å². The van der Waals surface area contributed by atoms with Gasteiger partial charge in [0, 0.05) is 6.20 Å². The summed E-state index contributed by atoms with van der Waals surface area (Å²) in [5, 5.41) is 4.92. The van der Waals surface area contributed by atoms with Crippen molar-refractivity contribution in [2.45, 2.75) is 11.1 Å². The van der Waals surface area contributed by atoms with Crippen molar-refractivity contribution < 1.29 is 34.4 Å². The second-order valence-corrected chi connectivity index (χ2v) is 7.52. The Labute approximate surface area is 153 Å². The van der Waals surface area contributed by atoms with Gasteiger partial charge in [-0.3, -0.25) is 0 Å². The van der Waals surface area contributed by atoms with Gasteiger partial charge in [-0.05, 0) is 29.8 Å². The molecule has 2 aromatic carbocycles. The SMILES string of the molecule is NS(=O)(=O)c1c(F)cccc1N(C=Cc1ccccc1C(F)(F)F)[SH](=O)=O. The van der Waals surface area contributed by atoms with Crippen molar-refractivity contribution in [1.82, 2.24) is 0 Å². The summed E-state index contributed by atoms with van der Waals surface area (Å²) in [7, 11) is -8.23. The molecule has 2 rings (SSSR count). The largest absolute Gasteiger partial charge is 0.416 e. The maximum Gasteiger partial charge on any atom is 0.416 e. The molecule has 12 heteroatoms. The summed E-state index contributed by atoms with van der Waals surface area (Å²) in [6.45, 7) is 0. The second kappa shape index (κ2) is 7.66. The van der Waals surface area contributed by atoms with Gasteiger partial charge in [0.05, 0.1) is 11.3 Å². The number of alkyl halides is 3. The van der Waals surface area contributed by atoms with E-state index < -0.39 is 49.1 Å². The van der Waals surface area contributed by atoms with Gasteiger partial charge in [0.2, 0.25) is 20.9 Å². The Morgan fingerprint density at radius 2 is 1.67 bits per heavy atom. The van der Waals surface area contributed by atoms with E-state index in [1.807, 2.05) is 0 Å². The van der Waals surface area contributed by atoms with E-state index in [1.54, 1.807) is 0 Å². The number of benzene rings is 2. The highest BCUT2D eigenvalue weighted by molar-refractivity contribution is 7.89. The predicted molar refractivity (Wildman–Crippen MR) is 91.0 cm³/mol. The highest BCUT2D eigenvalue weighted by Gasteiger charge is 2.32. The molecular weight excluding hydrogens is 412 g/mol. The van der Waals surface area contributed by atoms with Gasteiger partial charge in [0.25, 0.3) is 0 Å². The molecule has 0 heterocycles. The van der Waals surface area contributed by atoms with Gasteiger partial charge in [0.1, 0.15) is 10.7 Å². The molecule has 0 atom stereocenters. The first-order valence-corrected chi connectivity index (χ1v) is 9.70. The molecule has 0 bridgehead atoms. The minimum Gasteiger partial charge on any atom is -0.246 e. The van der Waals surface area contributed by atoms with Crippen molar-refractivity contribution in [3.63, 3.8) is 0 Å². The zero-order valence-corrected chi connectivity index (χ0v) is 14.9. The van der Waals surface area contributed by atoms with Gasteiger partial charge in [0.15, 0.2) is 0 Å². The molecule has 0 spiro atoms. The van der Waals surface area contributed by atoms with E-state index in [4.69, 9.17) is 5.14 Å². The molecule has 2 N–H and O–H groups in total. The van der Waals surface area contributed by atoms with Gasteiger partial charge >= 0.3 is 6.18 Å². The molecule has 0 amide bonds. The summed E-state index contributed by atoms with van der Waals surface area (Å²) >= 11 is 0. The summed E-state index contributed by atoms with van der Waals surface area (Å²) < 4.78 is 99.5. The van der Waals surface area contributed by atoms with E-state index in [0.717, 1.165) is 42.5 Å². The Morgan fingerprint density at radius 1 is 1.04 bits per heavy atom. The first-order chi connectivity index (χ1) is 12.4. The molecule has 2 aromatic rings. The highest BCUT2D eigenvalue weighted by atomic mass is 32.2. The Hall–Kier alpha value is -2.44.